The Bertz CT molecular complexity index is 430. The molecule has 0 aromatic carbocycles. The van der Waals surface area contributed by atoms with Crippen LogP contribution in [0.25, 0.3) is 0 Å². The van der Waals surface area contributed by atoms with Crippen LogP contribution < -0.4 is 5.32 Å². The largest absolute Gasteiger partial charge is 0.330 e. The second kappa shape index (κ2) is 4.59. The lowest BCUT2D eigenvalue weighted by atomic mass is 10.4. The van der Waals surface area contributed by atoms with Crippen LogP contribution in [0.15, 0.2) is 24.5 Å². The molecule has 0 fully saturated rings. The number of imidazole rings is 1. The van der Waals surface area contributed by atoms with E-state index in [1.807, 2.05) is 37.7 Å². The molecule has 2 aromatic heterocycles. The highest BCUT2D eigenvalue weighted by molar-refractivity contribution is 7.11. The molecule has 0 bridgehead atoms. The number of aromatic nitrogens is 2. The van der Waals surface area contributed by atoms with E-state index in [0.29, 0.717) is 0 Å². The maximum Gasteiger partial charge on any atom is 0.105 e. The summed E-state index contributed by atoms with van der Waals surface area (Å²) in [4.78, 5) is 6.97. The van der Waals surface area contributed by atoms with E-state index >= 15 is 0 Å². The van der Waals surface area contributed by atoms with Crippen LogP contribution in [0.3, 0.4) is 0 Å². The molecule has 15 heavy (non-hydrogen) atoms. The van der Waals surface area contributed by atoms with Crippen LogP contribution in [-0.2, 0) is 13.1 Å². The summed E-state index contributed by atoms with van der Waals surface area (Å²) in [5.41, 5.74) is 0. The first-order valence-electron chi connectivity index (χ1n) is 4.99. The van der Waals surface area contributed by atoms with Crippen LogP contribution in [0, 0.1) is 6.92 Å². The summed E-state index contributed by atoms with van der Waals surface area (Å²) in [7, 11) is 1.97. The standard InChI is InChI=1S/C11H15N3S/c1-9-13-5-6-14(9)8-11-4-3-10(15-11)7-12-2/h3-6,12H,7-8H2,1-2H3. The van der Waals surface area contributed by atoms with Gasteiger partial charge < -0.3 is 9.88 Å². The van der Waals surface area contributed by atoms with Gasteiger partial charge in [0.1, 0.15) is 5.82 Å². The number of rotatable bonds is 4. The van der Waals surface area contributed by atoms with Gasteiger partial charge in [0.2, 0.25) is 0 Å². The Labute approximate surface area is 93.8 Å². The van der Waals surface area contributed by atoms with Crippen molar-refractivity contribution < 1.29 is 0 Å². The van der Waals surface area contributed by atoms with E-state index in [1.54, 1.807) is 0 Å². The van der Waals surface area contributed by atoms with Gasteiger partial charge in [-0.25, -0.2) is 4.98 Å². The first-order chi connectivity index (χ1) is 7.29. The van der Waals surface area contributed by atoms with Crippen LogP contribution in [-0.4, -0.2) is 16.6 Å². The lowest BCUT2D eigenvalue weighted by molar-refractivity contribution is 0.772. The molecular formula is C11H15N3S. The summed E-state index contributed by atoms with van der Waals surface area (Å²) in [6.07, 6.45) is 3.87. The summed E-state index contributed by atoms with van der Waals surface area (Å²) in [6.45, 7) is 3.91. The van der Waals surface area contributed by atoms with Crippen molar-refractivity contribution in [2.24, 2.45) is 0 Å². The SMILES string of the molecule is CNCc1ccc(Cn2ccnc2C)s1. The van der Waals surface area contributed by atoms with Crippen LogP contribution in [0.4, 0.5) is 0 Å². The molecule has 0 atom stereocenters. The van der Waals surface area contributed by atoms with Crippen molar-refractivity contribution >= 4 is 11.3 Å². The third-order valence-electron chi connectivity index (χ3n) is 2.32. The quantitative estimate of drug-likeness (QED) is 0.856. The number of hydrogen-bond donors (Lipinski definition) is 1. The Kier molecular flexibility index (Phi) is 3.18. The number of thiophene rings is 1. The highest BCUT2D eigenvalue weighted by Gasteiger charge is 2.02. The van der Waals surface area contributed by atoms with E-state index in [9.17, 15) is 0 Å². The lowest BCUT2D eigenvalue weighted by Gasteiger charge is -2.01. The van der Waals surface area contributed by atoms with Gasteiger partial charge in [0.15, 0.2) is 0 Å². The zero-order valence-electron chi connectivity index (χ0n) is 9.03. The van der Waals surface area contributed by atoms with E-state index in [2.05, 4.69) is 27.0 Å². The molecule has 0 saturated carbocycles. The molecular weight excluding hydrogens is 206 g/mol. The van der Waals surface area contributed by atoms with E-state index in [-0.39, 0.29) is 0 Å². The van der Waals surface area contributed by atoms with Crippen molar-refractivity contribution in [1.29, 1.82) is 0 Å². The van der Waals surface area contributed by atoms with Crippen LogP contribution >= 0.6 is 11.3 Å². The van der Waals surface area contributed by atoms with Crippen molar-refractivity contribution in [3.05, 3.63) is 40.1 Å². The normalized spacial score (nSPS) is 10.8. The summed E-state index contributed by atoms with van der Waals surface area (Å²) >= 11 is 1.85. The fourth-order valence-corrected chi connectivity index (χ4v) is 2.54. The predicted molar refractivity (Wildman–Crippen MR) is 63.1 cm³/mol. The van der Waals surface area contributed by atoms with E-state index in [1.165, 1.54) is 9.75 Å². The molecule has 0 radical (unpaired) electrons. The minimum Gasteiger partial charge on any atom is -0.330 e. The number of aryl methyl sites for hydroxylation is 1. The maximum absolute atomic E-state index is 4.21. The average Bonchev–Trinajstić information content (AvgIpc) is 2.79. The molecule has 0 amide bonds. The second-order valence-electron chi connectivity index (χ2n) is 3.50. The predicted octanol–water partition coefficient (Wildman–Crippen LogP) is 2.02. The van der Waals surface area contributed by atoms with Gasteiger partial charge in [0.25, 0.3) is 0 Å². The molecule has 0 aliphatic carbocycles. The van der Waals surface area contributed by atoms with E-state index in [0.717, 1.165) is 18.9 Å². The number of hydrogen-bond acceptors (Lipinski definition) is 3. The van der Waals surface area contributed by atoms with Gasteiger partial charge in [0, 0.05) is 28.7 Å². The number of nitrogens with zero attached hydrogens (tertiary/aromatic N) is 2. The van der Waals surface area contributed by atoms with Crippen molar-refractivity contribution in [2.45, 2.75) is 20.0 Å². The highest BCUT2D eigenvalue weighted by Crippen LogP contribution is 2.17. The van der Waals surface area contributed by atoms with Crippen LogP contribution in [0.2, 0.25) is 0 Å². The summed E-state index contributed by atoms with van der Waals surface area (Å²) < 4.78 is 2.16. The maximum atomic E-state index is 4.21. The Morgan fingerprint density at radius 2 is 2.20 bits per heavy atom. The van der Waals surface area contributed by atoms with Gasteiger partial charge in [-0.05, 0) is 26.1 Å². The minimum absolute atomic E-state index is 0.931. The average molecular weight is 221 g/mol. The van der Waals surface area contributed by atoms with Gasteiger partial charge >= 0.3 is 0 Å². The molecule has 1 N–H and O–H groups in total. The van der Waals surface area contributed by atoms with Gasteiger partial charge in [-0.15, -0.1) is 11.3 Å². The second-order valence-corrected chi connectivity index (χ2v) is 4.75. The van der Waals surface area contributed by atoms with Gasteiger partial charge in [0.05, 0.1) is 6.54 Å². The molecule has 0 spiro atoms. The van der Waals surface area contributed by atoms with Crippen LogP contribution in [0.5, 0.6) is 0 Å². The fourth-order valence-electron chi connectivity index (χ4n) is 1.52. The molecule has 2 rings (SSSR count). The molecule has 0 aliphatic heterocycles. The molecule has 3 nitrogen and oxygen atoms in total. The van der Waals surface area contributed by atoms with E-state index < -0.39 is 0 Å². The Balaban J connectivity index is 2.08. The summed E-state index contributed by atoms with van der Waals surface area (Å²) in [5, 5.41) is 3.16. The molecule has 0 unspecified atom stereocenters. The Morgan fingerprint density at radius 1 is 1.40 bits per heavy atom. The third-order valence-corrected chi connectivity index (χ3v) is 3.39. The lowest BCUT2D eigenvalue weighted by Crippen LogP contribution is -2.02. The molecule has 2 heterocycles. The van der Waals surface area contributed by atoms with Gasteiger partial charge in [-0.1, -0.05) is 0 Å². The number of nitrogens with one attached hydrogen (secondary N) is 1. The zero-order valence-corrected chi connectivity index (χ0v) is 9.84. The zero-order chi connectivity index (χ0) is 10.7. The van der Waals surface area contributed by atoms with Gasteiger partial charge in [-0.3, -0.25) is 0 Å². The van der Waals surface area contributed by atoms with Crippen molar-refractivity contribution in [3.8, 4) is 0 Å². The first-order valence-corrected chi connectivity index (χ1v) is 5.81. The molecule has 80 valence electrons. The summed E-state index contributed by atoms with van der Waals surface area (Å²) in [6, 6.07) is 4.37. The van der Waals surface area contributed by atoms with E-state index in [4.69, 9.17) is 0 Å². The van der Waals surface area contributed by atoms with Crippen LogP contribution in [0.1, 0.15) is 15.6 Å². The smallest absolute Gasteiger partial charge is 0.105 e. The Morgan fingerprint density at radius 3 is 2.87 bits per heavy atom. The molecule has 2 aromatic rings. The highest BCUT2D eigenvalue weighted by atomic mass is 32.1. The van der Waals surface area contributed by atoms with Crippen molar-refractivity contribution in [2.75, 3.05) is 7.05 Å². The molecule has 0 saturated heterocycles. The minimum atomic E-state index is 0.931. The summed E-state index contributed by atoms with van der Waals surface area (Å²) in [5.74, 6) is 1.07. The van der Waals surface area contributed by atoms with Crippen molar-refractivity contribution in [1.82, 2.24) is 14.9 Å². The third kappa shape index (κ3) is 2.46. The van der Waals surface area contributed by atoms with Gasteiger partial charge in [-0.2, -0.15) is 0 Å². The topological polar surface area (TPSA) is 29.9 Å². The van der Waals surface area contributed by atoms with Crippen molar-refractivity contribution in [3.63, 3.8) is 0 Å². The first kappa shape index (κ1) is 10.4. The monoisotopic (exact) mass is 221 g/mol. The molecule has 0 aliphatic rings. The Hall–Kier alpha value is -1.13. The fraction of sp³-hybridized carbons (Fsp3) is 0.364. The molecule has 4 heteroatoms.